The molecule has 1 aliphatic rings. The van der Waals surface area contributed by atoms with E-state index in [1.165, 1.54) is 13.2 Å². The van der Waals surface area contributed by atoms with Crippen molar-refractivity contribution in [3.05, 3.63) is 57.7 Å². The number of aryl methyl sites for hydroxylation is 1. The van der Waals surface area contributed by atoms with E-state index in [-0.39, 0.29) is 23.5 Å². The quantitative estimate of drug-likeness (QED) is 0.395. The highest BCUT2D eigenvalue weighted by molar-refractivity contribution is 6.31. The summed E-state index contributed by atoms with van der Waals surface area (Å²) in [7, 11) is 1.47. The van der Waals surface area contributed by atoms with Gasteiger partial charge in [0.1, 0.15) is 17.1 Å². The van der Waals surface area contributed by atoms with Gasteiger partial charge in [-0.25, -0.2) is 0 Å². The van der Waals surface area contributed by atoms with E-state index in [0.717, 1.165) is 11.1 Å². The van der Waals surface area contributed by atoms with Crippen LogP contribution in [-0.4, -0.2) is 57.6 Å². The number of fused-ring (bicyclic) bond motifs is 1. The zero-order valence-corrected chi connectivity index (χ0v) is 20.3. The number of nitrogens with zero attached hydrogens (tertiary/aromatic N) is 2. The smallest absolute Gasteiger partial charge is 0.273 e. The summed E-state index contributed by atoms with van der Waals surface area (Å²) in [5.74, 6) is 0.123. The van der Waals surface area contributed by atoms with E-state index >= 15 is 0 Å². The number of carbonyl (C=O) groups is 1. The average molecular weight is 486 g/mol. The van der Waals surface area contributed by atoms with E-state index in [1.54, 1.807) is 36.1 Å². The highest BCUT2D eigenvalue weighted by atomic mass is 35.5. The number of aromatic hydroxyl groups is 2. The Labute approximate surface area is 203 Å². The minimum absolute atomic E-state index is 0.00283. The van der Waals surface area contributed by atoms with E-state index in [0.29, 0.717) is 52.9 Å². The van der Waals surface area contributed by atoms with Crippen molar-refractivity contribution in [2.24, 2.45) is 0 Å². The maximum atomic E-state index is 13.4. The van der Waals surface area contributed by atoms with Crippen LogP contribution in [0.15, 0.2) is 30.3 Å². The molecule has 0 bridgehead atoms. The molecular weight excluding hydrogens is 458 g/mol. The number of ether oxygens (including phenoxy) is 2. The second-order valence-corrected chi connectivity index (χ2v) is 8.99. The van der Waals surface area contributed by atoms with Gasteiger partial charge in [0.2, 0.25) is 0 Å². The number of phenols is 2. The maximum Gasteiger partial charge on any atom is 0.273 e. The van der Waals surface area contributed by atoms with Crippen LogP contribution in [0.1, 0.15) is 53.5 Å². The Morgan fingerprint density at radius 2 is 1.97 bits per heavy atom. The Balaban J connectivity index is 1.81. The van der Waals surface area contributed by atoms with E-state index in [1.807, 2.05) is 13.8 Å². The molecule has 180 valence electrons. The minimum atomic E-state index is -0.510. The molecule has 2 aromatic carbocycles. The van der Waals surface area contributed by atoms with Crippen LogP contribution in [-0.2, 0) is 4.74 Å². The van der Waals surface area contributed by atoms with Crippen LogP contribution in [0.3, 0.4) is 0 Å². The van der Waals surface area contributed by atoms with Gasteiger partial charge in [0.25, 0.3) is 5.91 Å². The van der Waals surface area contributed by atoms with E-state index in [2.05, 4.69) is 10.2 Å². The van der Waals surface area contributed by atoms with Crippen molar-refractivity contribution < 1.29 is 24.5 Å². The first-order valence-electron chi connectivity index (χ1n) is 11.1. The van der Waals surface area contributed by atoms with Gasteiger partial charge in [0.05, 0.1) is 19.3 Å². The molecule has 1 aliphatic heterocycles. The molecule has 1 amide bonds. The molecule has 0 saturated carbocycles. The number of carbonyl (C=O) groups excluding carboxylic acids is 1. The SMILES string of the molecule is COc1cc([C@@H]2c3c(-c4cc(Cl)c(C)cc4O)n[nH]c3C(=O)N2CCCOC(C)C)ccc1O. The predicted octanol–water partition coefficient (Wildman–Crippen LogP) is 4.82. The Morgan fingerprint density at radius 1 is 1.21 bits per heavy atom. The zero-order valence-electron chi connectivity index (χ0n) is 19.6. The predicted molar refractivity (Wildman–Crippen MR) is 129 cm³/mol. The van der Waals surface area contributed by atoms with Gasteiger partial charge in [-0.05, 0) is 62.6 Å². The highest BCUT2D eigenvalue weighted by Crippen LogP contribution is 2.46. The summed E-state index contributed by atoms with van der Waals surface area (Å²) in [6.45, 7) is 6.70. The molecule has 9 heteroatoms. The van der Waals surface area contributed by atoms with Crippen LogP contribution in [0.5, 0.6) is 17.2 Å². The molecule has 1 atom stereocenters. The Morgan fingerprint density at radius 3 is 2.68 bits per heavy atom. The second-order valence-electron chi connectivity index (χ2n) is 8.58. The van der Waals surface area contributed by atoms with Crippen LogP contribution >= 0.6 is 11.6 Å². The van der Waals surface area contributed by atoms with Gasteiger partial charge < -0.3 is 24.6 Å². The molecular formula is C25H28ClN3O5. The van der Waals surface area contributed by atoms with E-state index < -0.39 is 6.04 Å². The highest BCUT2D eigenvalue weighted by Gasteiger charge is 2.42. The number of amides is 1. The summed E-state index contributed by atoms with van der Waals surface area (Å²) >= 11 is 6.35. The lowest BCUT2D eigenvalue weighted by Gasteiger charge is -2.27. The number of hydrogen-bond donors (Lipinski definition) is 3. The average Bonchev–Trinajstić information content (AvgIpc) is 3.33. The molecule has 4 rings (SSSR count). The van der Waals surface area contributed by atoms with Gasteiger partial charge in [-0.15, -0.1) is 0 Å². The topological polar surface area (TPSA) is 108 Å². The molecule has 3 aromatic rings. The maximum absolute atomic E-state index is 13.4. The Hall–Kier alpha value is -3.23. The lowest BCUT2D eigenvalue weighted by atomic mass is 9.95. The Kier molecular flexibility index (Phi) is 6.72. The van der Waals surface area contributed by atoms with Gasteiger partial charge in [-0.1, -0.05) is 17.7 Å². The number of nitrogens with one attached hydrogen (secondary N) is 1. The normalized spacial score (nSPS) is 15.3. The number of methoxy groups -OCH3 is 1. The molecule has 34 heavy (non-hydrogen) atoms. The summed E-state index contributed by atoms with van der Waals surface area (Å²) in [5.41, 5.74) is 3.35. The number of rotatable bonds is 8. The lowest BCUT2D eigenvalue weighted by molar-refractivity contribution is 0.0601. The first kappa shape index (κ1) is 23.9. The van der Waals surface area contributed by atoms with Crippen molar-refractivity contribution >= 4 is 17.5 Å². The number of aromatic nitrogens is 2. The summed E-state index contributed by atoms with van der Waals surface area (Å²) in [5, 5.41) is 28.5. The molecule has 0 unspecified atom stereocenters. The van der Waals surface area contributed by atoms with Crippen molar-refractivity contribution in [2.45, 2.75) is 39.3 Å². The van der Waals surface area contributed by atoms with Crippen molar-refractivity contribution in [3.8, 4) is 28.5 Å². The van der Waals surface area contributed by atoms with Crippen LogP contribution < -0.4 is 4.74 Å². The fourth-order valence-electron chi connectivity index (χ4n) is 4.25. The van der Waals surface area contributed by atoms with Crippen molar-refractivity contribution in [2.75, 3.05) is 20.3 Å². The Bertz CT molecular complexity index is 1220. The number of benzene rings is 2. The number of phenolic OH excluding ortho intramolecular Hbond substituents is 2. The number of hydrogen-bond acceptors (Lipinski definition) is 6. The number of halogens is 1. The molecule has 1 aromatic heterocycles. The van der Waals surface area contributed by atoms with Gasteiger partial charge in [-0.3, -0.25) is 9.89 Å². The summed E-state index contributed by atoms with van der Waals surface area (Å²) in [6.07, 6.45) is 0.744. The monoisotopic (exact) mass is 485 g/mol. The van der Waals surface area contributed by atoms with Gasteiger partial charge in [0.15, 0.2) is 11.5 Å². The van der Waals surface area contributed by atoms with Crippen molar-refractivity contribution in [1.29, 1.82) is 0 Å². The minimum Gasteiger partial charge on any atom is -0.507 e. The fraction of sp³-hybridized carbons (Fsp3) is 0.360. The summed E-state index contributed by atoms with van der Waals surface area (Å²) in [4.78, 5) is 15.2. The molecule has 2 heterocycles. The molecule has 0 radical (unpaired) electrons. The number of aromatic amines is 1. The third-order valence-corrected chi connectivity index (χ3v) is 6.32. The third kappa shape index (κ3) is 4.31. The van der Waals surface area contributed by atoms with Gasteiger partial charge in [0, 0.05) is 29.3 Å². The summed E-state index contributed by atoms with van der Waals surface area (Å²) < 4.78 is 11.0. The van der Waals surface area contributed by atoms with Crippen molar-refractivity contribution in [1.82, 2.24) is 15.1 Å². The van der Waals surface area contributed by atoms with Crippen LogP contribution in [0.2, 0.25) is 5.02 Å². The van der Waals surface area contributed by atoms with E-state index in [9.17, 15) is 15.0 Å². The van der Waals surface area contributed by atoms with Crippen LogP contribution in [0, 0.1) is 6.92 Å². The lowest BCUT2D eigenvalue weighted by Crippen LogP contribution is -2.31. The van der Waals surface area contributed by atoms with Crippen molar-refractivity contribution in [3.63, 3.8) is 0 Å². The van der Waals surface area contributed by atoms with Crippen LogP contribution in [0.4, 0.5) is 0 Å². The largest absolute Gasteiger partial charge is 0.507 e. The summed E-state index contributed by atoms with van der Waals surface area (Å²) in [6, 6.07) is 7.72. The molecule has 0 saturated heterocycles. The number of H-pyrrole nitrogens is 1. The third-order valence-electron chi connectivity index (χ3n) is 5.91. The fourth-order valence-corrected chi connectivity index (χ4v) is 4.42. The standard InChI is InChI=1S/C25H28ClN3O5/c1-13(2)34-9-5-8-29-24(15-6-7-18(30)20(11-15)33-4)21-22(27-28-23(21)25(29)32)16-12-17(26)14(3)10-19(16)31/h6-7,10-13,24,30-31H,5,8-9H2,1-4H3,(H,27,28)/t24-/m1/s1. The zero-order chi connectivity index (χ0) is 24.6. The molecule has 3 N–H and O–H groups in total. The molecule has 0 aliphatic carbocycles. The second kappa shape index (κ2) is 9.56. The first-order chi connectivity index (χ1) is 16.2. The van der Waals surface area contributed by atoms with Crippen LogP contribution in [0.25, 0.3) is 11.3 Å². The first-order valence-corrected chi connectivity index (χ1v) is 11.5. The van der Waals surface area contributed by atoms with Gasteiger partial charge >= 0.3 is 0 Å². The van der Waals surface area contributed by atoms with E-state index in [4.69, 9.17) is 21.1 Å². The molecule has 0 spiro atoms. The molecule has 8 nitrogen and oxygen atoms in total. The van der Waals surface area contributed by atoms with Gasteiger partial charge in [-0.2, -0.15) is 5.10 Å². The molecule has 0 fully saturated rings.